The van der Waals surface area contributed by atoms with Gasteiger partial charge in [0.15, 0.2) is 0 Å². The zero-order chi connectivity index (χ0) is 22.9. The van der Waals surface area contributed by atoms with Crippen molar-refractivity contribution in [1.82, 2.24) is 35.0 Å². The zero-order valence-electron chi connectivity index (χ0n) is 18.1. The number of anilines is 3. The first kappa shape index (κ1) is 19.9. The molecule has 0 radical (unpaired) electrons. The summed E-state index contributed by atoms with van der Waals surface area (Å²) in [6, 6.07) is 11.5. The van der Waals surface area contributed by atoms with Crippen molar-refractivity contribution in [1.29, 1.82) is 0 Å². The molecule has 10 heteroatoms. The smallest absolute Gasteiger partial charge is 0.322 e. The SMILES string of the molecule is O=C(Nc1ccncc1)N1CC=C(c2cc3c(Nc4ccc5[nH]ncc5c4)ncnc3[nH]2)CC1. The van der Waals surface area contributed by atoms with Crippen molar-refractivity contribution < 1.29 is 4.79 Å². The number of carbonyl (C=O) groups is 1. The topological polar surface area (TPSA) is 128 Å². The van der Waals surface area contributed by atoms with E-state index in [1.807, 2.05) is 18.2 Å². The molecule has 6 rings (SSSR count). The molecule has 0 aliphatic carbocycles. The first-order valence-corrected chi connectivity index (χ1v) is 10.9. The normalized spacial score (nSPS) is 13.8. The minimum Gasteiger partial charge on any atom is -0.340 e. The lowest BCUT2D eigenvalue weighted by molar-refractivity contribution is 0.217. The second-order valence-corrected chi connectivity index (χ2v) is 8.06. The Morgan fingerprint density at radius 2 is 1.97 bits per heavy atom. The quantitative estimate of drug-likeness (QED) is 0.323. The van der Waals surface area contributed by atoms with Crippen LogP contribution in [0.4, 0.5) is 22.0 Å². The molecule has 1 aliphatic rings. The van der Waals surface area contributed by atoms with E-state index in [-0.39, 0.29) is 6.03 Å². The number of aromatic nitrogens is 6. The van der Waals surface area contributed by atoms with Crippen molar-refractivity contribution in [3.63, 3.8) is 0 Å². The summed E-state index contributed by atoms with van der Waals surface area (Å²) in [5.41, 5.74) is 5.53. The van der Waals surface area contributed by atoms with Gasteiger partial charge in [-0.3, -0.25) is 10.1 Å². The number of hydrogen-bond donors (Lipinski definition) is 4. The molecule has 0 spiro atoms. The van der Waals surface area contributed by atoms with Gasteiger partial charge in [0.2, 0.25) is 0 Å². The third-order valence-electron chi connectivity index (χ3n) is 5.90. The molecule has 0 bridgehead atoms. The fraction of sp³-hybridized carbons (Fsp3) is 0.125. The predicted octanol–water partition coefficient (Wildman–Crippen LogP) is 4.29. The molecule has 0 saturated carbocycles. The van der Waals surface area contributed by atoms with Crippen molar-refractivity contribution >= 4 is 50.7 Å². The average Bonchev–Trinajstić information content (AvgIpc) is 3.52. The van der Waals surface area contributed by atoms with E-state index >= 15 is 0 Å². The van der Waals surface area contributed by atoms with Crippen LogP contribution in [0, 0.1) is 0 Å². The van der Waals surface area contributed by atoms with Crippen LogP contribution >= 0.6 is 0 Å². The Hall–Kier alpha value is -4.73. The van der Waals surface area contributed by atoms with E-state index in [1.54, 1.807) is 42.0 Å². The van der Waals surface area contributed by atoms with Gasteiger partial charge in [-0.05, 0) is 48.4 Å². The molecule has 0 unspecified atom stereocenters. The standard InChI is InChI=1S/C24H21N9O/c34-24(30-17-3-7-25-8-4-17)33-9-5-15(6-10-33)21-12-19-22(26-14-27-23(19)31-21)29-18-1-2-20-16(11-18)13-28-32-20/h1-5,7-8,11-14H,6,9-10H2,(H,28,32)(H,25,30,34)(H2,26,27,29,31). The van der Waals surface area contributed by atoms with E-state index in [0.29, 0.717) is 13.1 Å². The van der Waals surface area contributed by atoms with Crippen LogP contribution in [0.1, 0.15) is 12.1 Å². The summed E-state index contributed by atoms with van der Waals surface area (Å²) < 4.78 is 0. The lowest BCUT2D eigenvalue weighted by atomic mass is 10.1. The molecule has 0 saturated heterocycles. The number of rotatable bonds is 4. The lowest BCUT2D eigenvalue weighted by Crippen LogP contribution is -2.37. The molecule has 34 heavy (non-hydrogen) atoms. The number of benzene rings is 1. The molecule has 2 amide bonds. The molecule has 1 aromatic carbocycles. The highest BCUT2D eigenvalue weighted by Crippen LogP contribution is 2.29. The van der Waals surface area contributed by atoms with E-state index in [4.69, 9.17) is 0 Å². The van der Waals surface area contributed by atoms with Crippen LogP contribution in [-0.2, 0) is 0 Å². The summed E-state index contributed by atoms with van der Waals surface area (Å²) >= 11 is 0. The number of pyridine rings is 1. The van der Waals surface area contributed by atoms with Gasteiger partial charge in [0.05, 0.1) is 17.1 Å². The minimum absolute atomic E-state index is 0.120. The number of nitrogens with zero attached hydrogens (tertiary/aromatic N) is 5. The van der Waals surface area contributed by atoms with E-state index in [1.165, 1.54) is 0 Å². The summed E-state index contributed by atoms with van der Waals surface area (Å²) in [6.45, 7) is 1.16. The molecular formula is C24H21N9O. The van der Waals surface area contributed by atoms with Crippen LogP contribution in [0.5, 0.6) is 0 Å². The van der Waals surface area contributed by atoms with Crippen molar-refractivity contribution in [3.8, 4) is 0 Å². The maximum absolute atomic E-state index is 12.6. The Labute approximate surface area is 194 Å². The van der Waals surface area contributed by atoms with Crippen molar-refractivity contribution in [3.05, 3.63) is 73.1 Å². The van der Waals surface area contributed by atoms with Gasteiger partial charge in [0.1, 0.15) is 17.8 Å². The van der Waals surface area contributed by atoms with Gasteiger partial charge in [0, 0.05) is 47.9 Å². The lowest BCUT2D eigenvalue weighted by Gasteiger charge is -2.26. The van der Waals surface area contributed by atoms with E-state index in [0.717, 1.165) is 56.8 Å². The number of H-pyrrole nitrogens is 2. The number of urea groups is 1. The number of fused-ring (bicyclic) bond motifs is 2. The van der Waals surface area contributed by atoms with Crippen molar-refractivity contribution in [2.75, 3.05) is 23.7 Å². The van der Waals surface area contributed by atoms with Gasteiger partial charge >= 0.3 is 6.03 Å². The van der Waals surface area contributed by atoms with Gasteiger partial charge in [-0.2, -0.15) is 5.10 Å². The Bertz CT molecular complexity index is 1520. The summed E-state index contributed by atoms with van der Waals surface area (Å²) in [5, 5.41) is 15.3. The van der Waals surface area contributed by atoms with Gasteiger partial charge < -0.3 is 20.5 Å². The monoisotopic (exact) mass is 451 g/mol. The Balaban J connectivity index is 1.20. The van der Waals surface area contributed by atoms with Crippen LogP contribution in [-0.4, -0.2) is 54.2 Å². The Morgan fingerprint density at radius 3 is 2.82 bits per heavy atom. The molecule has 4 aromatic heterocycles. The Morgan fingerprint density at radius 1 is 1.06 bits per heavy atom. The van der Waals surface area contributed by atoms with Crippen molar-refractivity contribution in [2.45, 2.75) is 6.42 Å². The first-order chi connectivity index (χ1) is 16.7. The number of aromatic amines is 2. The Kier molecular flexibility index (Phi) is 4.87. The zero-order valence-corrected chi connectivity index (χ0v) is 18.1. The van der Waals surface area contributed by atoms with Crippen LogP contribution < -0.4 is 10.6 Å². The van der Waals surface area contributed by atoms with E-state index in [9.17, 15) is 4.79 Å². The van der Waals surface area contributed by atoms with E-state index in [2.05, 4.69) is 52.9 Å². The maximum atomic E-state index is 12.6. The van der Waals surface area contributed by atoms with Crippen LogP contribution in [0.25, 0.3) is 27.5 Å². The molecule has 168 valence electrons. The second kappa shape index (κ2) is 8.32. The number of carbonyl (C=O) groups excluding carboxylic acids is 1. The largest absolute Gasteiger partial charge is 0.340 e. The fourth-order valence-electron chi connectivity index (χ4n) is 4.11. The van der Waals surface area contributed by atoms with Gasteiger partial charge in [-0.1, -0.05) is 6.08 Å². The van der Waals surface area contributed by atoms with Crippen LogP contribution in [0.3, 0.4) is 0 Å². The molecule has 0 atom stereocenters. The van der Waals surface area contributed by atoms with Gasteiger partial charge in [0.25, 0.3) is 0 Å². The third-order valence-corrected chi connectivity index (χ3v) is 5.90. The van der Waals surface area contributed by atoms with Crippen molar-refractivity contribution in [2.24, 2.45) is 0 Å². The number of hydrogen-bond acceptors (Lipinski definition) is 6. The minimum atomic E-state index is -0.120. The molecule has 5 heterocycles. The molecule has 0 fully saturated rings. The number of nitrogens with one attached hydrogen (secondary N) is 4. The molecule has 4 N–H and O–H groups in total. The van der Waals surface area contributed by atoms with E-state index < -0.39 is 0 Å². The molecule has 5 aromatic rings. The molecule has 10 nitrogen and oxygen atoms in total. The summed E-state index contributed by atoms with van der Waals surface area (Å²) in [4.78, 5) is 30.6. The fourth-order valence-corrected chi connectivity index (χ4v) is 4.11. The third kappa shape index (κ3) is 3.81. The number of amides is 2. The second-order valence-electron chi connectivity index (χ2n) is 8.06. The maximum Gasteiger partial charge on any atom is 0.322 e. The summed E-state index contributed by atoms with van der Waals surface area (Å²) in [6.07, 6.45) is 9.46. The first-order valence-electron chi connectivity index (χ1n) is 10.9. The predicted molar refractivity (Wildman–Crippen MR) is 131 cm³/mol. The highest BCUT2D eigenvalue weighted by atomic mass is 16.2. The molecular weight excluding hydrogens is 430 g/mol. The van der Waals surface area contributed by atoms with Crippen LogP contribution in [0.15, 0.2) is 67.4 Å². The highest BCUT2D eigenvalue weighted by molar-refractivity contribution is 5.94. The highest BCUT2D eigenvalue weighted by Gasteiger charge is 2.20. The van der Waals surface area contributed by atoms with Crippen LogP contribution in [0.2, 0.25) is 0 Å². The molecule has 1 aliphatic heterocycles. The van der Waals surface area contributed by atoms with Gasteiger partial charge in [-0.15, -0.1) is 0 Å². The summed E-state index contributed by atoms with van der Waals surface area (Å²) in [7, 11) is 0. The van der Waals surface area contributed by atoms with Gasteiger partial charge in [-0.25, -0.2) is 14.8 Å². The average molecular weight is 451 g/mol. The summed E-state index contributed by atoms with van der Waals surface area (Å²) in [5.74, 6) is 0.727.